The van der Waals surface area contributed by atoms with Crippen molar-refractivity contribution in [2.24, 2.45) is 11.7 Å². The third-order valence-electron chi connectivity index (χ3n) is 2.24. The van der Waals surface area contributed by atoms with E-state index in [9.17, 15) is 19.2 Å². The fraction of sp³-hybridized carbons (Fsp3) is 0.600. The number of rotatable bonds is 7. The Morgan fingerprint density at radius 1 is 1.11 bits per heavy atom. The van der Waals surface area contributed by atoms with E-state index in [0.29, 0.717) is 0 Å². The number of carbonyl (C=O) groups is 4. The minimum atomic E-state index is -1.59. The predicted octanol–water partition coefficient (Wildman–Crippen LogP) is -1.28. The number of nitrogens with two attached hydrogens (primary N) is 1. The van der Waals surface area contributed by atoms with Crippen molar-refractivity contribution in [3.8, 4) is 0 Å². The number of carbonyl (C=O) groups excluding carboxylic acids is 2. The average molecular weight is 275 g/mol. The highest BCUT2D eigenvalue weighted by Crippen LogP contribution is 2.01. The normalized spacial score (nSPS) is 13.4. The number of carboxylic acids is 2. The largest absolute Gasteiger partial charge is 0.481 e. The Morgan fingerprint density at radius 2 is 1.63 bits per heavy atom. The van der Waals surface area contributed by atoms with E-state index in [0.717, 1.165) is 0 Å². The second-order valence-electron chi connectivity index (χ2n) is 4.23. The van der Waals surface area contributed by atoms with E-state index in [-0.39, 0.29) is 5.92 Å². The smallest absolute Gasteiger partial charge is 0.326 e. The van der Waals surface area contributed by atoms with Gasteiger partial charge < -0.3 is 26.6 Å². The zero-order valence-electron chi connectivity index (χ0n) is 10.5. The zero-order valence-corrected chi connectivity index (χ0v) is 10.5. The van der Waals surface area contributed by atoms with Gasteiger partial charge in [0.2, 0.25) is 5.91 Å². The van der Waals surface area contributed by atoms with E-state index in [1.165, 1.54) is 0 Å². The number of carboxylic acid groups (broad SMARTS) is 2. The molecule has 2 atom stereocenters. The molecule has 0 aliphatic rings. The molecular formula is C10H17N3O6. The molecule has 3 amide bonds. The maximum absolute atomic E-state index is 11.5. The molecule has 1 unspecified atom stereocenters. The number of amides is 3. The van der Waals surface area contributed by atoms with Crippen molar-refractivity contribution in [1.82, 2.24) is 10.6 Å². The minimum absolute atomic E-state index is 0.286. The monoisotopic (exact) mass is 275 g/mol. The van der Waals surface area contributed by atoms with Crippen molar-refractivity contribution in [3.05, 3.63) is 0 Å². The number of aliphatic carboxylic acids is 2. The van der Waals surface area contributed by atoms with Crippen LogP contribution in [-0.4, -0.2) is 46.2 Å². The Balaban J connectivity index is 4.60. The van der Waals surface area contributed by atoms with Crippen LogP contribution in [0.15, 0.2) is 0 Å². The van der Waals surface area contributed by atoms with Gasteiger partial charge in [0, 0.05) is 0 Å². The molecule has 108 valence electrons. The van der Waals surface area contributed by atoms with Gasteiger partial charge in [0.25, 0.3) is 0 Å². The van der Waals surface area contributed by atoms with Crippen LogP contribution in [0.5, 0.6) is 0 Å². The van der Waals surface area contributed by atoms with Crippen LogP contribution in [0.25, 0.3) is 0 Å². The third-order valence-corrected chi connectivity index (χ3v) is 2.24. The number of hydrogen-bond acceptors (Lipinski definition) is 4. The SMILES string of the molecule is CC(C)C(NC(=O)N[C@@H](CC(=O)O)C(=O)O)C(N)=O. The number of urea groups is 1. The summed E-state index contributed by atoms with van der Waals surface area (Å²) in [5.74, 6) is -3.91. The van der Waals surface area contributed by atoms with Crippen molar-refractivity contribution in [2.45, 2.75) is 32.4 Å². The highest BCUT2D eigenvalue weighted by atomic mass is 16.4. The first-order valence-corrected chi connectivity index (χ1v) is 5.46. The number of nitrogens with one attached hydrogen (secondary N) is 2. The van der Waals surface area contributed by atoms with Crippen LogP contribution in [0.2, 0.25) is 0 Å². The van der Waals surface area contributed by atoms with Gasteiger partial charge in [0.1, 0.15) is 12.1 Å². The van der Waals surface area contributed by atoms with Crippen molar-refractivity contribution in [3.63, 3.8) is 0 Å². The van der Waals surface area contributed by atoms with E-state index in [4.69, 9.17) is 15.9 Å². The van der Waals surface area contributed by atoms with Crippen LogP contribution in [0.4, 0.5) is 4.79 Å². The predicted molar refractivity (Wildman–Crippen MR) is 63.2 cm³/mol. The van der Waals surface area contributed by atoms with Gasteiger partial charge in [0.15, 0.2) is 0 Å². The summed E-state index contributed by atoms with van der Waals surface area (Å²) in [5, 5.41) is 21.4. The molecule has 6 N–H and O–H groups in total. The van der Waals surface area contributed by atoms with Crippen LogP contribution >= 0.6 is 0 Å². The lowest BCUT2D eigenvalue weighted by molar-refractivity contribution is -0.145. The van der Waals surface area contributed by atoms with E-state index in [1.54, 1.807) is 13.8 Å². The highest BCUT2D eigenvalue weighted by molar-refractivity contribution is 5.89. The van der Waals surface area contributed by atoms with Gasteiger partial charge in [-0.05, 0) is 5.92 Å². The molecule has 0 heterocycles. The Hall–Kier alpha value is -2.32. The van der Waals surface area contributed by atoms with Gasteiger partial charge in [-0.3, -0.25) is 9.59 Å². The van der Waals surface area contributed by atoms with E-state index < -0.39 is 42.4 Å². The van der Waals surface area contributed by atoms with Crippen LogP contribution in [0.1, 0.15) is 20.3 Å². The van der Waals surface area contributed by atoms with Crippen LogP contribution in [-0.2, 0) is 14.4 Å². The van der Waals surface area contributed by atoms with Crippen LogP contribution in [0, 0.1) is 5.92 Å². The first-order valence-electron chi connectivity index (χ1n) is 5.46. The fourth-order valence-corrected chi connectivity index (χ4v) is 1.28. The van der Waals surface area contributed by atoms with Crippen molar-refractivity contribution in [2.75, 3.05) is 0 Å². The van der Waals surface area contributed by atoms with Gasteiger partial charge in [-0.25, -0.2) is 9.59 Å². The zero-order chi connectivity index (χ0) is 15.2. The maximum atomic E-state index is 11.5. The summed E-state index contributed by atoms with van der Waals surface area (Å²) in [7, 11) is 0. The fourth-order valence-electron chi connectivity index (χ4n) is 1.28. The molecule has 0 saturated carbocycles. The second-order valence-corrected chi connectivity index (χ2v) is 4.23. The summed E-state index contributed by atoms with van der Waals surface area (Å²) >= 11 is 0. The molecule has 0 aliphatic carbocycles. The standard InChI is InChI=1S/C10H17N3O6/c1-4(2)7(8(11)16)13-10(19)12-5(9(17)18)3-6(14)15/h4-5,7H,3H2,1-2H3,(H2,11,16)(H,14,15)(H,17,18)(H2,12,13,19)/t5-,7?/m0/s1. The van der Waals surface area contributed by atoms with E-state index >= 15 is 0 Å². The molecule has 0 bridgehead atoms. The molecule has 0 aromatic rings. The summed E-state index contributed by atoms with van der Waals surface area (Å²) in [6, 6.07) is -3.52. The third kappa shape index (κ3) is 6.24. The molecule has 0 aromatic heterocycles. The summed E-state index contributed by atoms with van der Waals surface area (Å²) in [6.07, 6.45) is -0.772. The maximum Gasteiger partial charge on any atom is 0.326 e. The van der Waals surface area contributed by atoms with Gasteiger partial charge in [-0.2, -0.15) is 0 Å². The van der Waals surface area contributed by atoms with Gasteiger partial charge in [0.05, 0.1) is 6.42 Å². The minimum Gasteiger partial charge on any atom is -0.481 e. The number of hydrogen-bond donors (Lipinski definition) is 5. The van der Waals surface area contributed by atoms with Gasteiger partial charge in [-0.1, -0.05) is 13.8 Å². The molecular weight excluding hydrogens is 258 g/mol. The van der Waals surface area contributed by atoms with E-state index in [2.05, 4.69) is 5.32 Å². The molecule has 9 nitrogen and oxygen atoms in total. The molecule has 0 spiro atoms. The van der Waals surface area contributed by atoms with Gasteiger partial charge in [-0.15, -0.1) is 0 Å². The highest BCUT2D eigenvalue weighted by Gasteiger charge is 2.26. The molecule has 19 heavy (non-hydrogen) atoms. The van der Waals surface area contributed by atoms with Crippen molar-refractivity contribution < 1.29 is 29.4 Å². The number of primary amides is 1. The average Bonchev–Trinajstić information content (AvgIpc) is 2.23. The molecule has 9 heteroatoms. The molecule has 0 aliphatic heterocycles. The van der Waals surface area contributed by atoms with Crippen LogP contribution in [0.3, 0.4) is 0 Å². The van der Waals surface area contributed by atoms with Crippen molar-refractivity contribution >= 4 is 23.9 Å². The summed E-state index contributed by atoms with van der Waals surface area (Å²) in [4.78, 5) is 43.7. The van der Waals surface area contributed by atoms with Crippen molar-refractivity contribution in [1.29, 1.82) is 0 Å². The summed E-state index contributed by atoms with van der Waals surface area (Å²) in [6.45, 7) is 3.28. The Labute approximate surface area is 109 Å². The van der Waals surface area contributed by atoms with E-state index in [1.807, 2.05) is 5.32 Å². The first-order chi connectivity index (χ1) is 8.65. The summed E-state index contributed by atoms with van der Waals surface area (Å²) < 4.78 is 0. The Bertz CT molecular complexity index is 381. The second kappa shape index (κ2) is 7.19. The Morgan fingerprint density at radius 3 is 1.95 bits per heavy atom. The summed E-state index contributed by atoms with van der Waals surface area (Å²) in [5.41, 5.74) is 5.07. The first kappa shape index (κ1) is 16.7. The Kier molecular flexibility index (Phi) is 6.31. The molecule has 0 rings (SSSR count). The quantitative estimate of drug-likeness (QED) is 0.389. The molecule has 0 saturated heterocycles. The topological polar surface area (TPSA) is 159 Å². The lowest BCUT2D eigenvalue weighted by Gasteiger charge is -2.20. The lowest BCUT2D eigenvalue weighted by atomic mass is 10.0. The van der Waals surface area contributed by atoms with Crippen LogP contribution < -0.4 is 16.4 Å². The molecule has 0 fully saturated rings. The molecule has 0 aromatic carbocycles. The van der Waals surface area contributed by atoms with Gasteiger partial charge >= 0.3 is 18.0 Å². The lowest BCUT2D eigenvalue weighted by Crippen LogP contribution is -2.54. The molecule has 0 radical (unpaired) electrons.